The molecule has 1 fully saturated rings. The fourth-order valence-corrected chi connectivity index (χ4v) is 4.80. The van der Waals surface area contributed by atoms with E-state index in [2.05, 4.69) is 37.4 Å². The van der Waals surface area contributed by atoms with Crippen molar-refractivity contribution in [2.24, 2.45) is 0 Å². The molecule has 1 aliphatic rings. The van der Waals surface area contributed by atoms with Crippen LogP contribution in [0.2, 0.25) is 0 Å². The number of benzene rings is 1. The molecule has 1 heterocycles. The minimum Gasteiger partial charge on any atom is -0.325 e. The van der Waals surface area contributed by atoms with Crippen LogP contribution < -0.4 is 5.32 Å². The standard InChI is InChI=1S/C15H21NOS2/c1-3-11-6-5-7-12(4-2)14(11)16-15(17)13-10-18-8-9-19-13/h5-7,13H,3-4,8-10H2,1-2H3,(H,16,17). The number of thioether (sulfide) groups is 2. The van der Waals surface area contributed by atoms with Crippen molar-refractivity contribution in [3.63, 3.8) is 0 Å². The van der Waals surface area contributed by atoms with Crippen LogP contribution in [0.3, 0.4) is 0 Å². The lowest BCUT2D eigenvalue weighted by Gasteiger charge is -2.22. The fourth-order valence-electron chi connectivity index (χ4n) is 2.25. The Morgan fingerprint density at radius 3 is 2.47 bits per heavy atom. The Bertz CT molecular complexity index is 420. The summed E-state index contributed by atoms with van der Waals surface area (Å²) in [7, 11) is 0. The summed E-state index contributed by atoms with van der Waals surface area (Å²) in [4.78, 5) is 12.4. The molecular formula is C15H21NOS2. The molecule has 1 aliphatic heterocycles. The van der Waals surface area contributed by atoms with Crippen molar-refractivity contribution in [1.82, 2.24) is 0 Å². The smallest absolute Gasteiger partial charge is 0.238 e. The topological polar surface area (TPSA) is 29.1 Å². The second-order valence-electron chi connectivity index (χ2n) is 4.58. The van der Waals surface area contributed by atoms with E-state index in [1.807, 2.05) is 11.8 Å². The zero-order valence-corrected chi connectivity index (χ0v) is 13.2. The molecule has 1 unspecified atom stereocenters. The second kappa shape index (κ2) is 7.25. The van der Waals surface area contributed by atoms with Gasteiger partial charge in [0.05, 0.1) is 5.25 Å². The Morgan fingerprint density at radius 2 is 1.95 bits per heavy atom. The minimum absolute atomic E-state index is 0.105. The van der Waals surface area contributed by atoms with Crippen LogP contribution >= 0.6 is 23.5 Å². The lowest BCUT2D eigenvalue weighted by molar-refractivity contribution is -0.115. The number of hydrogen-bond acceptors (Lipinski definition) is 3. The number of rotatable bonds is 4. The number of aryl methyl sites for hydroxylation is 2. The molecule has 0 aliphatic carbocycles. The highest BCUT2D eigenvalue weighted by Gasteiger charge is 2.23. The highest BCUT2D eigenvalue weighted by Crippen LogP contribution is 2.27. The summed E-state index contributed by atoms with van der Waals surface area (Å²) < 4.78 is 0. The molecule has 1 N–H and O–H groups in total. The first-order valence-electron chi connectivity index (χ1n) is 6.87. The van der Waals surface area contributed by atoms with Gasteiger partial charge in [-0.05, 0) is 24.0 Å². The van der Waals surface area contributed by atoms with Crippen LogP contribution in [0.25, 0.3) is 0 Å². The SMILES string of the molecule is CCc1cccc(CC)c1NC(=O)C1CSCCS1. The van der Waals surface area contributed by atoms with E-state index in [9.17, 15) is 4.79 Å². The van der Waals surface area contributed by atoms with Crippen LogP contribution in [0.15, 0.2) is 18.2 Å². The molecule has 0 spiro atoms. The van der Waals surface area contributed by atoms with Crippen molar-refractivity contribution in [2.75, 3.05) is 22.6 Å². The third-order valence-corrected chi connectivity index (χ3v) is 6.11. The van der Waals surface area contributed by atoms with E-state index in [1.165, 1.54) is 16.9 Å². The highest BCUT2D eigenvalue weighted by atomic mass is 32.2. The first kappa shape index (κ1) is 14.8. The van der Waals surface area contributed by atoms with E-state index in [0.29, 0.717) is 0 Å². The summed E-state index contributed by atoms with van der Waals surface area (Å²) >= 11 is 3.66. The monoisotopic (exact) mass is 295 g/mol. The molecule has 19 heavy (non-hydrogen) atoms. The van der Waals surface area contributed by atoms with Gasteiger partial charge in [0, 0.05) is 22.9 Å². The van der Waals surface area contributed by atoms with Crippen LogP contribution in [0.5, 0.6) is 0 Å². The fraction of sp³-hybridized carbons (Fsp3) is 0.533. The Hall–Kier alpha value is -0.610. The molecule has 1 amide bonds. The average Bonchev–Trinajstić information content (AvgIpc) is 2.48. The van der Waals surface area contributed by atoms with E-state index >= 15 is 0 Å². The third kappa shape index (κ3) is 3.69. The average molecular weight is 295 g/mol. The van der Waals surface area contributed by atoms with Gasteiger partial charge in [-0.1, -0.05) is 32.0 Å². The van der Waals surface area contributed by atoms with Crippen molar-refractivity contribution < 1.29 is 4.79 Å². The molecule has 0 saturated carbocycles. The first-order chi connectivity index (χ1) is 9.26. The Kier molecular flexibility index (Phi) is 5.64. The second-order valence-corrected chi connectivity index (χ2v) is 7.04. The van der Waals surface area contributed by atoms with Crippen molar-refractivity contribution in [2.45, 2.75) is 31.9 Å². The maximum absolute atomic E-state index is 12.4. The van der Waals surface area contributed by atoms with Gasteiger partial charge in [0.1, 0.15) is 0 Å². The molecule has 104 valence electrons. The zero-order valence-electron chi connectivity index (χ0n) is 11.6. The lowest BCUT2D eigenvalue weighted by Crippen LogP contribution is -2.30. The van der Waals surface area contributed by atoms with Crippen LogP contribution in [0.4, 0.5) is 5.69 Å². The molecule has 1 atom stereocenters. The van der Waals surface area contributed by atoms with E-state index in [0.717, 1.165) is 30.0 Å². The Balaban J connectivity index is 2.15. The van der Waals surface area contributed by atoms with Gasteiger partial charge in [-0.2, -0.15) is 11.8 Å². The third-order valence-electron chi connectivity index (χ3n) is 3.36. The normalized spacial score (nSPS) is 19.2. The first-order valence-corrected chi connectivity index (χ1v) is 9.07. The maximum atomic E-state index is 12.4. The van der Waals surface area contributed by atoms with Crippen LogP contribution in [-0.2, 0) is 17.6 Å². The maximum Gasteiger partial charge on any atom is 0.238 e. The number of para-hydroxylation sites is 1. The molecule has 1 aromatic rings. The number of anilines is 1. The van der Waals surface area contributed by atoms with Crippen molar-refractivity contribution in [1.29, 1.82) is 0 Å². The number of hydrogen-bond donors (Lipinski definition) is 1. The molecule has 1 aromatic carbocycles. The van der Waals surface area contributed by atoms with E-state index in [-0.39, 0.29) is 11.2 Å². The summed E-state index contributed by atoms with van der Waals surface area (Å²) in [6.07, 6.45) is 1.91. The van der Waals surface area contributed by atoms with Crippen molar-refractivity contribution >= 4 is 35.1 Å². The Labute approximate surface area is 124 Å². The molecule has 0 aromatic heterocycles. The lowest BCUT2D eigenvalue weighted by atomic mass is 10.0. The minimum atomic E-state index is 0.105. The van der Waals surface area contributed by atoms with E-state index < -0.39 is 0 Å². The molecule has 2 nitrogen and oxygen atoms in total. The predicted molar refractivity (Wildman–Crippen MR) is 87.4 cm³/mol. The molecule has 1 saturated heterocycles. The summed E-state index contributed by atoms with van der Waals surface area (Å²) in [6.45, 7) is 4.27. The zero-order chi connectivity index (χ0) is 13.7. The number of amides is 1. The van der Waals surface area contributed by atoms with Crippen LogP contribution in [0, 0.1) is 0 Å². The number of nitrogens with one attached hydrogen (secondary N) is 1. The van der Waals surface area contributed by atoms with Crippen molar-refractivity contribution in [3.8, 4) is 0 Å². The Morgan fingerprint density at radius 1 is 1.26 bits per heavy atom. The summed E-state index contributed by atoms with van der Waals surface area (Å²) in [5.74, 6) is 3.36. The predicted octanol–water partition coefficient (Wildman–Crippen LogP) is 3.60. The van der Waals surface area contributed by atoms with Gasteiger partial charge in [-0.25, -0.2) is 0 Å². The van der Waals surface area contributed by atoms with Crippen LogP contribution in [-0.4, -0.2) is 28.4 Å². The van der Waals surface area contributed by atoms with E-state index in [4.69, 9.17) is 0 Å². The summed E-state index contributed by atoms with van der Waals surface area (Å²) in [5, 5.41) is 3.28. The van der Waals surface area contributed by atoms with Gasteiger partial charge in [0.25, 0.3) is 0 Å². The van der Waals surface area contributed by atoms with E-state index in [1.54, 1.807) is 11.8 Å². The van der Waals surface area contributed by atoms with Crippen LogP contribution in [0.1, 0.15) is 25.0 Å². The van der Waals surface area contributed by atoms with Gasteiger partial charge in [-0.15, -0.1) is 11.8 Å². The largest absolute Gasteiger partial charge is 0.325 e. The summed E-state index contributed by atoms with van der Waals surface area (Å²) in [6, 6.07) is 6.30. The molecular weight excluding hydrogens is 274 g/mol. The quantitative estimate of drug-likeness (QED) is 0.920. The highest BCUT2D eigenvalue weighted by molar-refractivity contribution is 8.07. The van der Waals surface area contributed by atoms with Gasteiger partial charge >= 0.3 is 0 Å². The number of carbonyl (C=O) groups is 1. The van der Waals surface area contributed by atoms with Gasteiger partial charge in [0.15, 0.2) is 0 Å². The summed E-state index contributed by atoms with van der Waals surface area (Å²) in [5.41, 5.74) is 3.52. The van der Waals surface area contributed by atoms with Gasteiger partial charge < -0.3 is 5.32 Å². The molecule has 0 bridgehead atoms. The van der Waals surface area contributed by atoms with Crippen molar-refractivity contribution in [3.05, 3.63) is 29.3 Å². The molecule has 4 heteroatoms. The van der Waals surface area contributed by atoms with Gasteiger partial charge in [-0.3, -0.25) is 4.79 Å². The van der Waals surface area contributed by atoms with Gasteiger partial charge in [0.2, 0.25) is 5.91 Å². The molecule has 0 radical (unpaired) electrons. The molecule has 2 rings (SSSR count). The number of carbonyl (C=O) groups excluding carboxylic acids is 1.